The average Bonchev–Trinajstić information content (AvgIpc) is 2.45. The molecular weight excluding hydrogens is 257 g/mol. The molecule has 0 aromatic carbocycles. The van der Waals surface area contributed by atoms with Crippen molar-refractivity contribution in [3.8, 4) is 5.75 Å². The van der Waals surface area contributed by atoms with Gasteiger partial charge in [-0.15, -0.1) is 0 Å². The molecule has 2 rings (SSSR count). The van der Waals surface area contributed by atoms with Gasteiger partial charge in [0.2, 0.25) is 0 Å². The summed E-state index contributed by atoms with van der Waals surface area (Å²) < 4.78 is 18.8. The van der Waals surface area contributed by atoms with Crippen LogP contribution < -0.4 is 10.1 Å². The minimum atomic E-state index is -0.348. The van der Waals surface area contributed by atoms with Crippen molar-refractivity contribution in [2.24, 2.45) is 0 Å². The van der Waals surface area contributed by atoms with E-state index in [1.807, 2.05) is 19.9 Å². The highest BCUT2D eigenvalue weighted by Crippen LogP contribution is 2.24. The summed E-state index contributed by atoms with van der Waals surface area (Å²) in [7, 11) is 0. The van der Waals surface area contributed by atoms with Crippen molar-refractivity contribution in [3.63, 3.8) is 0 Å². The van der Waals surface area contributed by atoms with Gasteiger partial charge in [0.25, 0.3) is 0 Å². The zero-order valence-electron chi connectivity index (χ0n) is 11.6. The van der Waals surface area contributed by atoms with Gasteiger partial charge in [0, 0.05) is 12.4 Å². The number of hydrogen-bond donors (Lipinski definition) is 1. The van der Waals surface area contributed by atoms with Crippen LogP contribution in [0.4, 0.5) is 4.39 Å². The van der Waals surface area contributed by atoms with Crippen LogP contribution in [0.15, 0.2) is 36.9 Å². The minimum absolute atomic E-state index is 0.156. The van der Waals surface area contributed by atoms with E-state index in [1.165, 1.54) is 12.3 Å². The molecule has 0 aliphatic carbocycles. The lowest BCUT2D eigenvalue weighted by Crippen LogP contribution is -2.22. The Morgan fingerprint density at radius 2 is 1.80 bits per heavy atom. The molecule has 2 heterocycles. The molecule has 1 atom stereocenters. The van der Waals surface area contributed by atoms with E-state index < -0.39 is 0 Å². The third kappa shape index (κ3) is 3.51. The topological polar surface area (TPSA) is 47.0 Å². The van der Waals surface area contributed by atoms with Gasteiger partial charge in [-0.1, -0.05) is 6.92 Å². The fourth-order valence-electron chi connectivity index (χ4n) is 2.06. The third-order valence-electron chi connectivity index (χ3n) is 2.85. The molecule has 5 heteroatoms. The number of ether oxygens (including phenoxy) is 1. The van der Waals surface area contributed by atoms with Crippen molar-refractivity contribution in [2.75, 3.05) is 13.2 Å². The van der Waals surface area contributed by atoms with E-state index in [-0.39, 0.29) is 11.9 Å². The van der Waals surface area contributed by atoms with E-state index in [4.69, 9.17) is 4.74 Å². The molecule has 0 bridgehead atoms. The highest BCUT2D eigenvalue weighted by molar-refractivity contribution is 5.33. The van der Waals surface area contributed by atoms with E-state index in [1.54, 1.807) is 18.6 Å². The van der Waals surface area contributed by atoms with Crippen LogP contribution in [-0.2, 0) is 0 Å². The smallest absolute Gasteiger partial charge is 0.141 e. The summed E-state index contributed by atoms with van der Waals surface area (Å²) >= 11 is 0. The number of aromatic nitrogens is 2. The maximum atomic E-state index is 13.4. The summed E-state index contributed by atoms with van der Waals surface area (Å²) in [6, 6.07) is 3.23. The maximum absolute atomic E-state index is 13.4. The van der Waals surface area contributed by atoms with Crippen LogP contribution in [-0.4, -0.2) is 23.1 Å². The normalized spacial score (nSPS) is 12.2. The molecule has 2 aromatic heterocycles. The molecular formula is C15H18FN3O. The quantitative estimate of drug-likeness (QED) is 0.880. The van der Waals surface area contributed by atoms with Crippen LogP contribution in [0.25, 0.3) is 0 Å². The van der Waals surface area contributed by atoms with E-state index in [0.29, 0.717) is 12.4 Å². The fraction of sp³-hybridized carbons (Fsp3) is 0.333. The average molecular weight is 275 g/mol. The van der Waals surface area contributed by atoms with Crippen LogP contribution in [0.2, 0.25) is 0 Å². The zero-order chi connectivity index (χ0) is 14.4. The van der Waals surface area contributed by atoms with Crippen LogP contribution in [0.5, 0.6) is 5.75 Å². The predicted octanol–water partition coefficient (Wildman–Crippen LogP) is 2.71. The maximum Gasteiger partial charge on any atom is 0.141 e. The molecule has 0 aliphatic heterocycles. The molecule has 0 spiro atoms. The second kappa shape index (κ2) is 6.96. The van der Waals surface area contributed by atoms with Crippen LogP contribution in [0.1, 0.15) is 31.0 Å². The van der Waals surface area contributed by atoms with Gasteiger partial charge >= 0.3 is 0 Å². The van der Waals surface area contributed by atoms with Gasteiger partial charge in [-0.2, -0.15) is 0 Å². The van der Waals surface area contributed by atoms with Crippen molar-refractivity contribution < 1.29 is 9.13 Å². The summed E-state index contributed by atoms with van der Waals surface area (Å²) in [5, 5.41) is 3.31. The molecule has 106 valence electrons. The molecule has 0 aliphatic rings. The Morgan fingerprint density at radius 3 is 2.45 bits per heavy atom. The number of hydrogen-bond acceptors (Lipinski definition) is 4. The van der Waals surface area contributed by atoms with Crippen LogP contribution in [0, 0.1) is 5.82 Å². The molecule has 1 unspecified atom stereocenters. The van der Waals surface area contributed by atoms with Gasteiger partial charge < -0.3 is 10.1 Å². The lowest BCUT2D eigenvalue weighted by molar-refractivity contribution is 0.338. The van der Waals surface area contributed by atoms with Gasteiger partial charge in [0.1, 0.15) is 11.6 Å². The Kier molecular flexibility index (Phi) is 5.01. The van der Waals surface area contributed by atoms with E-state index in [2.05, 4.69) is 15.3 Å². The Balaban J connectivity index is 2.35. The predicted molar refractivity (Wildman–Crippen MR) is 75.1 cm³/mol. The molecule has 0 saturated carbocycles. The highest BCUT2D eigenvalue weighted by atomic mass is 19.1. The van der Waals surface area contributed by atoms with Crippen LogP contribution >= 0.6 is 0 Å². The molecule has 0 amide bonds. The number of pyridine rings is 2. The Bertz CT molecular complexity index is 562. The molecule has 1 N–H and O–H groups in total. The molecule has 20 heavy (non-hydrogen) atoms. The van der Waals surface area contributed by atoms with Crippen molar-refractivity contribution >= 4 is 0 Å². The van der Waals surface area contributed by atoms with Crippen molar-refractivity contribution in [3.05, 3.63) is 53.9 Å². The van der Waals surface area contributed by atoms with Crippen LogP contribution in [0.3, 0.4) is 0 Å². The lowest BCUT2D eigenvalue weighted by Gasteiger charge is -2.19. The van der Waals surface area contributed by atoms with Gasteiger partial charge in [0.15, 0.2) is 0 Å². The first-order chi connectivity index (χ1) is 9.74. The van der Waals surface area contributed by atoms with E-state index in [0.717, 1.165) is 17.7 Å². The number of nitrogens with one attached hydrogen (secondary N) is 1. The summed E-state index contributed by atoms with van der Waals surface area (Å²) in [4.78, 5) is 8.08. The lowest BCUT2D eigenvalue weighted by atomic mass is 10.0. The van der Waals surface area contributed by atoms with Crippen molar-refractivity contribution in [1.82, 2.24) is 15.3 Å². The Labute approximate surface area is 118 Å². The SMILES string of the molecule is CCNC(c1cncc(F)c1)c1cncc(OCC)c1. The minimum Gasteiger partial charge on any atom is -0.492 e. The van der Waals surface area contributed by atoms with Gasteiger partial charge in [0.05, 0.1) is 25.0 Å². The Morgan fingerprint density at radius 1 is 1.10 bits per heavy atom. The summed E-state index contributed by atoms with van der Waals surface area (Å²) in [6.45, 7) is 5.25. The fourth-order valence-corrected chi connectivity index (χ4v) is 2.06. The van der Waals surface area contributed by atoms with Crippen molar-refractivity contribution in [1.29, 1.82) is 0 Å². The monoisotopic (exact) mass is 275 g/mol. The summed E-state index contributed by atoms with van der Waals surface area (Å²) in [5.74, 6) is 0.358. The number of nitrogens with zero attached hydrogens (tertiary/aromatic N) is 2. The standard InChI is InChI=1S/C15H18FN3O/c1-3-19-15(11-5-13(16)9-17-7-11)12-6-14(20-4-2)10-18-8-12/h5-10,15,19H,3-4H2,1-2H3. The summed E-state index contributed by atoms with van der Waals surface area (Å²) in [6.07, 6.45) is 6.27. The molecule has 0 saturated heterocycles. The molecule has 2 aromatic rings. The molecule has 0 radical (unpaired) electrons. The third-order valence-corrected chi connectivity index (χ3v) is 2.85. The molecule has 4 nitrogen and oxygen atoms in total. The zero-order valence-corrected chi connectivity index (χ0v) is 11.6. The highest BCUT2D eigenvalue weighted by Gasteiger charge is 2.15. The number of rotatable bonds is 6. The van der Waals surface area contributed by atoms with E-state index in [9.17, 15) is 4.39 Å². The first-order valence-electron chi connectivity index (χ1n) is 6.66. The second-order valence-corrected chi connectivity index (χ2v) is 4.31. The van der Waals surface area contributed by atoms with Gasteiger partial charge in [-0.05, 0) is 36.7 Å². The Hall–Kier alpha value is -2.01. The van der Waals surface area contributed by atoms with Gasteiger partial charge in [-0.3, -0.25) is 9.97 Å². The van der Waals surface area contributed by atoms with Gasteiger partial charge in [-0.25, -0.2) is 4.39 Å². The second-order valence-electron chi connectivity index (χ2n) is 4.31. The van der Waals surface area contributed by atoms with E-state index >= 15 is 0 Å². The summed E-state index contributed by atoms with van der Waals surface area (Å²) in [5.41, 5.74) is 1.69. The number of halogens is 1. The first kappa shape index (κ1) is 14.4. The molecule has 0 fully saturated rings. The first-order valence-corrected chi connectivity index (χ1v) is 6.66. The largest absolute Gasteiger partial charge is 0.492 e. The van der Waals surface area contributed by atoms with Crippen molar-refractivity contribution in [2.45, 2.75) is 19.9 Å².